The van der Waals surface area contributed by atoms with Gasteiger partial charge in [-0.15, -0.1) is 0 Å². The number of benzene rings is 2. The summed E-state index contributed by atoms with van der Waals surface area (Å²) in [4.78, 5) is 16.3. The Morgan fingerprint density at radius 2 is 1.84 bits per heavy atom. The van der Waals surface area contributed by atoms with Gasteiger partial charge in [-0.05, 0) is 30.3 Å². The molecule has 1 aromatic heterocycles. The van der Waals surface area contributed by atoms with E-state index >= 15 is 0 Å². The van der Waals surface area contributed by atoms with Gasteiger partial charge in [0.15, 0.2) is 0 Å². The van der Waals surface area contributed by atoms with Crippen LogP contribution in [-0.2, 0) is 11.0 Å². The van der Waals surface area contributed by atoms with E-state index in [9.17, 15) is 27.6 Å². The number of halogens is 5. The van der Waals surface area contributed by atoms with E-state index in [0.29, 0.717) is 22.3 Å². The second-order valence-electron chi connectivity index (χ2n) is 6.17. The maximum Gasteiger partial charge on any atom is 0.417 e. The normalized spacial score (nSPS) is 11.1. The minimum Gasteiger partial charge on any atom is -0.323 e. The molecule has 0 spiro atoms. The van der Waals surface area contributed by atoms with Crippen LogP contribution < -0.4 is 5.32 Å². The molecule has 1 heterocycles. The number of carbonyl (C=O) groups is 1. The molecule has 0 atom stereocenters. The zero-order valence-electron chi connectivity index (χ0n) is 15.5. The van der Waals surface area contributed by atoms with Crippen molar-refractivity contribution in [1.82, 2.24) is 4.98 Å². The second-order valence-corrected chi connectivity index (χ2v) is 7.57. The predicted molar refractivity (Wildman–Crippen MR) is 110 cm³/mol. The van der Waals surface area contributed by atoms with E-state index in [0.717, 1.165) is 12.1 Å². The van der Waals surface area contributed by atoms with E-state index in [4.69, 9.17) is 11.6 Å². The minimum absolute atomic E-state index is 0.0278. The molecule has 0 radical (unpaired) electrons. The van der Waals surface area contributed by atoms with Crippen LogP contribution in [0.5, 0.6) is 0 Å². The number of aromatic nitrogens is 1. The lowest BCUT2D eigenvalue weighted by atomic mass is 10.1. The first-order valence-corrected chi connectivity index (χ1v) is 10.0. The summed E-state index contributed by atoms with van der Waals surface area (Å²) in [5.74, 6) is -1.69. The number of alkyl halides is 3. The average Bonchev–Trinajstić information content (AvgIpc) is 2.73. The van der Waals surface area contributed by atoms with E-state index in [2.05, 4.69) is 10.3 Å². The Balaban J connectivity index is 1.93. The first kappa shape index (κ1) is 22.6. The Hall–Kier alpha value is -3.09. The number of nitrogens with one attached hydrogen (secondary N) is 1. The number of thioether (sulfide) groups is 1. The fraction of sp³-hybridized carbons (Fsp3) is 0.0952. The van der Waals surface area contributed by atoms with Gasteiger partial charge < -0.3 is 5.32 Å². The van der Waals surface area contributed by atoms with Crippen molar-refractivity contribution in [3.05, 3.63) is 76.6 Å². The lowest BCUT2D eigenvalue weighted by Gasteiger charge is -2.14. The van der Waals surface area contributed by atoms with Crippen molar-refractivity contribution in [2.24, 2.45) is 0 Å². The first-order chi connectivity index (χ1) is 14.7. The highest BCUT2D eigenvalue weighted by Gasteiger charge is 2.36. The zero-order chi connectivity index (χ0) is 22.6. The van der Waals surface area contributed by atoms with Crippen LogP contribution in [0.25, 0.3) is 11.3 Å². The van der Waals surface area contributed by atoms with Gasteiger partial charge in [0, 0.05) is 10.6 Å². The summed E-state index contributed by atoms with van der Waals surface area (Å²) in [5, 5.41) is 11.8. The SMILES string of the molecule is N#Cc1c(C(F)(F)F)cc(-c2ccc(Cl)cc2)nc1SCC(=O)Nc1ccccc1F. The minimum atomic E-state index is -4.81. The van der Waals surface area contributed by atoms with Crippen molar-refractivity contribution in [3.8, 4) is 17.3 Å². The Labute approximate surface area is 183 Å². The van der Waals surface area contributed by atoms with Crippen LogP contribution in [0.4, 0.5) is 23.2 Å². The molecule has 0 aliphatic heterocycles. The molecule has 3 rings (SSSR count). The van der Waals surface area contributed by atoms with Crippen molar-refractivity contribution in [2.45, 2.75) is 11.2 Å². The maximum atomic E-state index is 13.7. The van der Waals surface area contributed by atoms with Crippen LogP contribution in [0.15, 0.2) is 59.6 Å². The summed E-state index contributed by atoms with van der Waals surface area (Å²) in [6, 6.07) is 13.8. The molecule has 2 aromatic carbocycles. The highest BCUT2D eigenvalue weighted by molar-refractivity contribution is 8.00. The zero-order valence-corrected chi connectivity index (χ0v) is 17.1. The van der Waals surface area contributed by atoms with E-state index in [1.54, 1.807) is 0 Å². The maximum absolute atomic E-state index is 13.7. The van der Waals surface area contributed by atoms with Gasteiger partial charge in [0.05, 0.1) is 28.3 Å². The number of amides is 1. The van der Waals surface area contributed by atoms with Gasteiger partial charge in [-0.2, -0.15) is 18.4 Å². The van der Waals surface area contributed by atoms with Gasteiger partial charge in [-0.3, -0.25) is 4.79 Å². The largest absolute Gasteiger partial charge is 0.417 e. The molecule has 10 heteroatoms. The number of nitrogens with zero attached hydrogens (tertiary/aromatic N) is 2. The third-order valence-electron chi connectivity index (χ3n) is 4.03. The van der Waals surface area contributed by atoms with Crippen LogP contribution in [-0.4, -0.2) is 16.6 Å². The standard InChI is InChI=1S/C21H12ClF4N3OS/c22-13-7-5-12(6-8-13)18-9-15(21(24,25)26)14(10-27)20(29-18)31-11-19(30)28-17-4-2-1-3-16(17)23/h1-9H,11H2,(H,28,30). The third-order valence-corrected chi connectivity index (χ3v) is 5.26. The van der Waals surface area contributed by atoms with Crippen molar-refractivity contribution in [3.63, 3.8) is 0 Å². The fourth-order valence-corrected chi connectivity index (χ4v) is 3.54. The van der Waals surface area contributed by atoms with Crippen molar-refractivity contribution in [2.75, 3.05) is 11.1 Å². The Bertz CT molecular complexity index is 1160. The van der Waals surface area contributed by atoms with Gasteiger partial charge in [0.25, 0.3) is 0 Å². The Kier molecular flexibility index (Phi) is 6.83. The molecule has 31 heavy (non-hydrogen) atoms. The summed E-state index contributed by atoms with van der Waals surface area (Å²) in [5.41, 5.74) is -1.58. The van der Waals surface area contributed by atoms with Gasteiger partial charge in [-0.25, -0.2) is 9.37 Å². The Morgan fingerprint density at radius 1 is 1.16 bits per heavy atom. The van der Waals surface area contributed by atoms with Crippen LogP contribution in [0.3, 0.4) is 0 Å². The summed E-state index contributed by atoms with van der Waals surface area (Å²) >= 11 is 6.48. The fourth-order valence-electron chi connectivity index (χ4n) is 2.61. The summed E-state index contributed by atoms with van der Waals surface area (Å²) in [6.07, 6.45) is -4.81. The number of rotatable bonds is 5. The second kappa shape index (κ2) is 9.37. The van der Waals surface area contributed by atoms with E-state index in [1.807, 2.05) is 0 Å². The molecule has 0 saturated carbocycles. The van der Waals surface area contributed by atoms with E-state index in [1.165, 1.54) is 48.5 Å². The number of pyridine rings is 1. The molecule has 0 aliphatic rings. The van der Waals surface area contributed by atoms with Crippen LogP contribution in [0.1, 0.15) is 11.1 Å². The number of hydrogen-bond donors (Lipinski definition) is 1. The van der Waals surface area contributed by atoms with Crippen LogP contribution >= 0.6 is 23.4 Å². The molecule has 4 nitrogen and oxygen atoms in total. The number of nitriles is 1. The van der Waals surface area contributed by atoms with Gasteiger partial charge in [0.1, 0.15) is 16.9 Å². The van der Waals surface area contributed by atoms with Crippen molar-refractivity contribution >= 4 is 35.0 Å². The molecule has 0 unspecified atom stereocenters. The molecule has 0 aliphatic carbocycles. The quantitative estimate of drug-likeness (QED) is 0.362. The molecular formula is C21H12ClF4N3OS. The number of hydrogen-bond acceptors (Lipinski definition) is 4. The molecule has 1 N–H and O–H groups in total. The highest BCUT2D eigenvalue weighted by atomic mass is 35.5. The summed E-state index contributed by atoms with van der Waals surface area (Å²) in [6.45, 7) is 0. The van der Waals surface area contributed by atoms with Crippen LogP contribution in [0, 0.1) is 17.1 Å². The monoisotopic (exact) mass is 465 g/mol. The third kappa shape index (κ3) is 5.54. The number of para-hydroxylation sites is 1. The molecular weight excluding hydrogens is 454 g/mol. The lowest BCUT2D eigenvalue weighted by Crippen LogP contribution is -2.16. The van der Waals surface area contributed by atoms with Gasteiger partial charge >= 0.3 is 6.18 Å². The van der Waals surface area contributed by atoms with Crippen molar-refractivity contribution in [1.29, 1.82) is 5.26 Å². The molecule has 3 aromatic rings. The number of carbonyl (C=O) groups excluding carboxylic acids is 1. The smallest absolute Gasteiger partial charge is 0.323 e. The van der Waals surface area contributed by atoms with Gasteiger partial charge in [0.2, 0.25) is 5.91 Å². The van der Waals surface area contributed by atoms with Crippen molar-refractivity contribution < 1.29 is 22.4 Å². The molecule has 158 valence electrons. The highest BCUT2D eigenvalue weighted by Crippen LogP contribution is 2.38. The summed E-state index contributed by atoms with van der Waals surface area (Å²) < 4.78 is 54.4. The Morgan fingerprint density at radius 3 is 2.45 bits per heavy atom. The predicted octanol–water partition coefficient (Wildman–Crippen LogP) is 6.16. The van der Waals surface area contributed by atoms with E-state index in [-0.39, 0.29) is 22.2 Å². The molecule has 0 fully saturated rings. The molecule has 1 amide bonds. The van der Waals surface area contributed by atoms with Crippen LogP contribution in [0.2, 0.25) is 5.02 Å². The topological polar surface area (TPSA) is 65.8 Å². The average molecular weight is 466 g/mol. The van der Waals surface area contributed by atoms with Gasteiger partial charge in [-0.1, -0.05) is 47.6 Å². The summed E-state index contributed by atoms with van der Waals surface area (Å²) in [7, 11) is 0. The van der Waals surface area contributed by atoms with E-state index < -0.39 is 29.0 Å². The lowest BCUT2D eigenvalue weighted by molar-refractivity contribution is -0.138. The molecule has 0 bridgehead atoms. The number of anilines is 1. The molecule has 0 saturated heterocycles. The first-order valence-electron chi connectivity index (χ1n) is 8.64.